The van der Waals surface area contributed by atoms with Crippen LogP contribution in [0.4, 0.5) is 0 Å². The highest BCUT2D eigenvalue weighted by Crippen LogP contribution is 2.31. The van der Waals surface area contributed by atoms with Crippen molar-refractivity contribution in [3.8, 4) is 10.8 Å². The Balaban J connectivity index is 1.68. The standard InChI is InChI=1S/C14H17N5O2S2/c1-7-10(23-8(2)15-7)11-17-18-13(20-11)22-6-9-16-12(19-21-9)14(3,4)5/h6H2,1-5H3. The van der Waals surface area contributed by atoms with Crippen molar-refractivity contribution in [2.24, 2.45) is 0 Å². The van der Waals surface area contributed by atoms with Crippen LogP contribution in [0.15, 0.2) is 14.2 Å². The van der Waals surface area contributed by atoms with Crippen LogP contribution < -0.4 is 0 Å². The van der Waals surface area contributed by atoms with E-state index in [1.165, 1.54) is 11.8 Å². The van der Waals surface area contributed by atoms with Gasteiger partial charge in [0.2, 0.25) is 5.89 Å². The minimum atomic E-state index is -0.133. The molecule has 9 heteroatoms. The molecule has 0 fully saturated rings. The summed E-state index contributed by atoms with van der Waals surface area (Å²) in [6, 6.07) is 0. The second-order valence-corrected chi connectivity index (χ2v) is 8.20. The van der Waals surface area contributed by atoms with Crippen molar-refractivity contribution in [2.75, 3.05) is 0 Å². The summed E-state index contributed by atoms with van der Waals surface area (Å²) < 4.78 is 10.9. The third kappa shape index (κ3) is 3.61. The average molecular weight is 351 g/mol. The molecule has 0 unspecified atom stereocenters. The Morgan fingerprint density at radius 2 is 1.91 bits per heavy atom. The Morgan fingerprint density at radius 1 is 1.13 bits per heavy atom. The van der Waals surface area contributed by atoms with E-state index in [4.69, 9.17) is 8.94 Å². The van der Waals surface area contributed by atoms with Crippen LogP contribution in [0.2, 0.25) is 0 Å². The van der Waals surface area contributed by atoms with E-state index in [9.17, 15) is 0 Å². The van der Waals surface area contributed by atoms with Crippen molar-refractivity contribution < 1.29 is 8.94 Å². The van der Waals surface area contributed by atoms with Gasteiger partial charge in [0.25, 0.3) is 11.1 Å². The fourth-order valence-corrected chi connectivity index (χ4v) is 3.27. The molecule has 0 saturated carbocycles. The van der Waals surface area contributed by atoms with E-state index in [1.54, 1.807) is 11.3 Å². The molecule has 0 aromatic carbocycles. The molecule has 3 aromatic rings. The number of rotatable bonds is 4. The summed E-state index contributed by atoms with van der Waals surface area (Å²) in [4.78, 5) is 9.66. The number of aryl methyl sites for hydroxylation is 2. The van der Waals surface area contributed by atoms with Crippen LogP contribution in [0.5, 0.6) is 0 Å². The average Bonchev–Trinajstić information content (AvgIpc) is 3.15. The minimum absolute atomic E-state index is 0.133. The van der Waals surface area contributed by atoms with Gasteiger partial charge in [0.05, 0.1) is 16.5 Å². The summed E-state index contributed by atoms with van der Waals surface area (Å²) in [5, 5.41) is 13.6. The van der Waals surface area contributed by atoms with Crippen molar-refractivity contribution in [1.82, 2.24) is 25.3 Å². The van der Waals surface area contributed by atoms with Gasteiger partial charge in [0.15, 0.2) is 5.82 Å². The highest BCUT2D eigenvalue weighted by Gasteiger charge is 2.21. The van der Waals surface area contributed by atoms with Gasteiger partial charge in [-0.3, -0.25) is 0 Å². The quantitative estimate of drug-likeness (QED) is 0.656. The normalized spacial score (nSPS) is 12.0. The van der Waals surface area contributed by atoms with Gasteiger partial charge >= 0.3 is 0 Å². The molecule has 3 heterocycles. The molecule has 3 aromatic heterocycles. The lowest BCUT2D eigenvalue weighted by atomic mass is 9.96. The molecule has 0 aliphatic rings. The lowest BCUT2D eigenvalue weighted by Crippen LogP contribution is -2.13. The first kappa shape index (κ1) is 16.1. The van der Waals surface area contributed by atoms with E-state index >= 15 is 0 Å². The lowest BCUT2D eigenvalue weighted by Gasteiger charge is -2.10. The van der Waals surface area contributed by atoms with Gasteiger partial charge in [-0.2, -0.15) is 4.98 Å². The zero-order chi connectivity index (χ0) is 16.6. The van der Waals surface area contributed by atoms with E-state index in [1.807, 2.05) is 34.6 Å². The van der Waals surface area contributed by atoms with Crippen LogP contribution in [0.3, 0.4) is 0 Å². The van der Waals surface area contributed by atoms with E-state index in [0.717, 1.165) is 15.6 Å². The smallest absolute Gasteiger partial charge is 0.277 e. The second kappa shape index (κ2) is 6.04. The fourth-order valence-electron chi connectivity index (χ4n) is 1.83. The number of nitrogens with zero attached hydrogens (tertiary/aromatic N) is 5. The zero-order valence-electron chi connectivity index (χ0n) is 13.6. The highest BCUT2D eigenvalue weighted by atomic mass is 32.2. The molecule has 0 spiro atoms. The molecule has 0 aliphatic heterocycles. The highest BCUT2D eigenvalue weighted by molar-refractivity contribution is 7.98. The van der Waals surface area contributed by atoms with Crippen LogP contribution in [-0.4, -0.2) is 25.3 Å². The maximum atomic E-state index is 5.68. The van der Waals surface area contributed by atoms with E-state index < -0.39 is 0 Å². The van der Waals surface area contributed by atoms with Crippen molar-refractivity contribution in [3.05, 3.63) is 22.4 Å². The van der Waals surface area contributed by atoms with Crippen molar-refractivity contribution >= 4 is 23.1 Å². The first-order valence-corrected chi connectivity index (χ1v) is 8.87. The Labute approximate surface area is 141 Å². The van der Waals surface area contributed by atoms with Crippen LogP contribution >= 0.6 is 23.1 Å². The molecule has 3 rings (SSSR count). The summed E-state index contributed by atoms with van der Waals surface area (Å²) in [5.41, 5.74) is 0.769. The van der Waals surface area contributed by atoms with E-state index in [0.29, 0.717) is 28.6 Å². The molecule has 0 saturated heterocycles. The number of aromatic nitrogens is 5. The Morgan fingerprint density at radius 3 is 2.52 bits per heavy atom. The number of thiazole rings is 1. The molecule has 7 nitrogen and oxygen atoms in total. The summed E-state index contributed by atoms with van der Waals surface area (Å²) in [6.07, 6.45) is 0. The minimum Gasteiger partial charge on any atom is -0.410 e. The maximum absolute atomic E-state index is 5.68. The number of thioether (sulfide) groups is 1. The van der Waals surface area contributed by atoms with Crippen molar-refractivity contribution in [3.63, 3.8) is 0 Å². The molecule has 0 bridgehead atoms. The van der Waals surface area contributed by atoms with Crippen LogP contribution in [-0.2, 0) is 11.2 Å². The van der Waals surface area contributed by atoms with E-state index in [2.05, 4.69) is 25.3 Å². The SMILES string of the molecule is Cc1nc(C)c(-c2nnc(SCc3nc(C(C)(C)C)no3)o2)s1. The van der Waals surface area contributed by atoms with Crippen molar-refractivity contribution in [1.29, 1.82) is 0 Å². The monoisotopic (exact) mass is 351 g/mol. The Bertz CT molecular complexity index is 815. The molecular formula is C14H17N5O2S2. The molecule has 0 atom stereocenters. The second-order valence-electron chi connectivity index (χ2n) is 6.07. The summed E-state index contributed by atoms with van der Waals surface area (Å²) in [6.45, 7) is 10.0. The summed E-state index contributed by atoms with van der Waals surface area (Å²) in [5.74, 6) is 2.22. The molecule has 122 valence electrons. The first-order chi connectivity index (χ1) is 10.8. The lowest BCUT2D eigenvalue weighted by molar-refractivity contribution is 0.372. The van der Waals surface area contributed by atoms with Crippen LogP contribution in [0, 0.1) is 13.8 Å². The first-order valence-electron chi connectivity index (χ1n) is 7.06. The zero-order valence-corrected chi connectivity index (χ0v) is 15.2. The Hall–Kier alpha value is -1.74. The van der Waals surface area contributed by atoms with Gasteiger partial charge < -0.3 is 8.94 Å². The predicted molar refractivity (Wildman–Crippen MR) is 87.4 cm³/mol. The van der Waals surface area contributed by atoms with Crippen molar-refractivity contribution in [2.45, 2.75) is 51.0 Å². The molecular weight excluding hydrogens is 334 g/mol. The van der Waals surface area contributed by atoms with Gasteiger partial charge in [-0.15, -0.1) is 21.5 Å². The Kier molecular flexibility index (Phi) is 4.24. The van der Waals surface area contributed by atoms with Gasteiger partial charge in [-0.05, 0) is 13.8 Å². The number of hydrogen-bond acceptors (Lipinski definition) is 9. The predicted octanol–water partition coefficient (Wildman–Crippen LogP) is 3.78. The maximum Gasteiger partial charge on any atom is 0.277 e. The summed E-state index contributed by atoms with van der Waals surface area (Å²) >= 11 is 2.92. The molecule has 0 aliphatic carbocycles. The third-order valence-electron chi connectivity index (χ3n) is 2.96. The van der Waals surface area contributed by atoms with Crippen LogP contribution in [0.25, 0.3) is 10.8 Å². The molecule has 0 amide bonds. The van der Waals surface area contributed by atoms with Gasteiger partial charge in [0, 0.05) is 5.41 Å². The topological polar surface area (TPSA) is 90.7 Å². The van der Waals surface area contributed by atoms with Gasteiger partial charge in [-0.1, -0.05) is 37.7 Å². The molecule has 23 heavy (non-hydrogen) atoms. The van der Waals surface area contributed by atoms with Gasteiger partial charge in [-0.25, -0.2) is 4.98 Å². The summed E-state index contributed by atoms with van der Waals surface area (Å²) in [7, 11) is 0. The largest absolute Gasteiger partial charge is 0.410 e. The van der Waals surface area contributed by atoms with Gasteiger partial charge in [0.1, 0.15) is 4.88 Å². The third-order valence-corrected chi connectivity index (χ3v) is 4.83. The molecule has 0 radical (unpaired) electrons. The molecule has 0 N–H and O–H groups in total. The number of hydrogen-bond donors (Lipinski definition) is 0. The van der Waals surface area contributed by atoms with E-state index in [-0.39, 0.29) is 5.41 Å². The van der Waals surface area contributed by atoms with Crippen LogP contribution in [0.1, 0.15) is 43.2 Å². The fraction of sp³-hybridized carbons (Fsp3) is 0.500.